The number of halogens is 2. The molecule has 0 spiro atoms. The summed E-state index contributed by atoms with van der Waals surface area (Å²) >= 11 is 1.33. The summed E-state index contributed by atoms with van der Waals surface area (Å²) in [4.78, 5) is 0.735. The molecule has 0 bridgehead atoms. The summed E-state index contributed by atoms with van der Waals surface area (Å²) in [6.07, 6.45) is 0.668. The van der Waals surface area contributed by atoms with E-state index in [0.29, 0.717) is 6.42 Å². The molecule has 1 heterocycles. The molecule has 1 aliphatic heterocycles. The lowest BCUT2D eigenvalue weighted by Crippen LogP contribution is -2.21. The predicted octanol–water partition coefficient (Wildman–Crippen LogP) is 2.29. The Hall–Kier alpha value is -0.810. The van der Waals surface area contributed by atoms with Crippen LogP contribution >= 0.6 is 11.8 Å². The van der Waals surface area contributed by atoms with Crippen LogP contribution in [-0.4, -0.2) is 5.50 Å². The van der Waals surface area contributed by atoms with E-state index in [4.69, 9.17) is 5.73 Å². The Morgan fingerprint density at radius 2 is 2.29 bits per heavy atom. The monoisotopic (exact) mass is 216 g/mol. The molecular formula is C9H10F2N2S. The van der Waals surface area contributed by atoms with Gasteiger partial charge in [0.1, 0.15) is 5.50 Å². The number of hydrogen-bond acceptors (Lipinski definition) is 3. The fraction of sp³-hybridized carbons (Fsp3) is 0.333. The van der Waals surface area contributed by atoms with Crippen molar-refractivity contribution >= 4 is 17.4 Å². The van der Waals surface area contributed by atoms with E-state index in [1.54, 1.807) is 0 Å². The van der Waals surface area contributed by atoms with Crippen LogP contribution in [0.3, 0.4) is 0 Å². The Balaban J connectivity index is 2.60. The highest BCUT2D eigenvalue weighted by atomic mass is 32.2. The molecule has 1 aliphatic rings. The summed E-state index contributed by atoms with van der Waals surface area (Å²) in [6.45, 7) is 1.90. The smallest absolute Gasteiger partial charge is 0.183 e. The molecule has 0 radical (unpaired) electrons. The van der Waals surface area contributed by atoms with E-state index in [0.717, 1.165) is 10.5 Å². The van der Waals surface area contributed by atoms with Gasteiger partial charge in [-0.05, 0) is 18.1 Å². The van der Waals surface area contributed by atoms with Crippen molar-refractivity contribution in [3.8, 4) is 0 Å². The Bertz CT molecular complexity index is 382. The Labute approximate surface area is 84.9 Å². The maximum atomic E-state index is 13.3. The third-order valence-corrected chi connectivity index (χ3v) is 3.23. The molecule has 2 nitrogen and oxygen atoms in total. The van der Waals surface area contributed by atoms with Crippen LogP contribution in [0.25, 0.3) is 0 Å². The number of hydrogen-bond donors (Lipinski definition) is 2. The zero-order valence-corrected chi connectivity index (χ0v) is 8.42. The summed E-state index contributed by atoms with van der Waals surface area (Å²) in [5, 5.41) is 2.71. The summed E-state index contributed by atoms with van der Waals surface area (Å²) < 4.78 is 26.4. The first-order valence-corrected chi connectivity index (χ1v) is 5.21. The SMILES string of the molecule is CCc1cc(F)c(F)c2c1SC(N)N2. The van der Waals surface area contributed by atoms with Crippen molar-refractivity contribution < 1.29 is 8.78 Å². The highest BCUT2D eigenvalue weighted by Gasteiger charge is 2.26. The van der Waals surface area contributed by atoms with Gasteiger partial charge in [0, 0.05) is 4.90 Å². The van der Waals surface area contributed by atoms with Crippen molar-refractivity contribution in [3.63, 3.8) is 0 Å². The molecule has 0 fully saturated rings. The van der Waals surface area contributed by atoms with Crippen molar-refractivity contribution in [2.75, 3.05) is 5.32 Å². The quantitative estimate of drug-likeness (QED) is 0.756. The van der Waals surface area contributed by atoms with Crippen LogP contribution in [0, 0.1) is 11.6 Å². The minimum absolute atomic E-state index is 0.208. The van der Waals surface area contributed by atoms with Gasteiger partial charge in [-0.2, -0.15) is 0 Å². The molecule has 14 heavy (non-hydrogen) atoms. The van der Waals surface area contributed by atoms with Gasteiger partial charge in [-0.15, -0.1) is 0 Å². The fourth-order valence-corrected chi connectivity index (χ4v) is 2.54. The molecule has 0 saturated carbocycles. The van der Waals surface area contributed by atoms with Gasteiger partial charge in [-0.25, -0.2) is 8.78 Å². The van der Waals surface area contributed by atoms with E-state index in [1.165, 1.54) is 17.8 Å². The van der Waals surface area contributed by atoms with E-state index in [2.05, 4.69) is 5.32 Å². The standard InChI is InChI=1S/C9H10F2N2S/c1-2-4-3-5(10)6(11)7-8(4)14-9(12)13-7/h3,9,13H,2,12H2,1H3. The van der Waals surface area contributed by atoms with Gasteiger partial charge in [0.15, 0.2) is 11.6 Å². The zero-order valence-electron chi connectivity index (χ0n) is 7.60. The fourth-order valence-electron chi connectivity index (χ4n) is 1.49. The average Bonchev–Trinajstić information content (AvgIpc) is 2.54. The molecular weight excluding hydrogens is 206 g/mol. The lowest BCUT2D eigenvalue weighted by atomic mass is 10.1. The molecule has 3 N–H and O–H groups in total. The first kappa shape index (κ1) is 9.73. The molecule has 1 aromatic carbocycles. The van der Waals surface area contributed by atoms with Crippen molar-refractivity contribution in [1.82, 2.24) is 0 Å². The Kier molecular flexibility index (Phi) is 2.36. The van der Waals surface area contributed by atoms with Gasteiger partial charge in [0.25, 0.3) is 0 Å². The molecule has 1 unspecified atom stereocenters. The highest BCUT2D eigenvalue weighted by Crippen LogP contribution is 2.41. The number of thioether (sulfide) groups is 1. The van der Waals surface area contributed by atoms with Crippen LogP contribution in [0.1, 0.15) is 12.5 Å². The average molecular weight is 216 g/mol. The maximum absolute atomic E-state index is 13.3. The predicted molar refractivity (Wildman–Crippen MR) is 53.2 cm³/mol. The Morgan fingerprint density at radius 3 is 2.93 bits per heavy atom. The van der Waals surface area contributed by atoms with Crippen LogP contribution in [0.15, 0.2) is 11.0 Å². The van der Waals surface area contributed by atoms with E-state index < -0.39 is 11.6 Å². The second kappa shape index (κ2) is 3.40. The van der Waals surface area contributed by atoms with Crippen LogP contribution in [0.4, 0.5) is 14.5 Å². The number of nitrogens with one attached hydrogen (secondary N) is 1. The third kappa shape index (κ3) is 1.36. The van der Waals surface area contributed by atoms with Crippen LogP contribution < -0.4 is 11.1 Å². The van der Waals surface area contributed by atoms with Gasteiger partial charge < -0.3 is 11.1 Å². The van der Waals surface area contributed by atoms with Gasteiger partial charge in [0.2, 0.25) is 0 Å². The number of rotatable bonds is 1. The number of aryl methyl sites for hydroxylation is 1. The number of anilines is 1. The molecule has 0 aromatic heterocycles. The molecule has 0 saturated heterocycles. The van der Waals surface area contributed by atoms with E-state index in [-0.39, 0.29) is 11.2 Å². The summed E-state index contributed by atoms with van der Waals surface area (Å²) in [5.41, 5.74) is 6.21. The first-order valence-electron chi connectivity index (χ1n) is 4.33. The second-order valence-corrected chi connectivity index (χ2v) is 4.22. The lowest BCUT2D eigenvalue weighted by Gasteiger charge is -2.06. The first-order chi connectivity index (χ1) is 6.63. The summed E-state index contributed by atoms with van der Waals surface area (Å²) in [7, 11) is 0. The third-order valence-electron chi connectivity index (χ3n) is 2.16. The van der Waals surface area contributed by atoms with Crippen molar-refractivity contribution in [2.45, 2.75) is 23.7 Å². The van der Waals surface area contributed by atoms with Gasteiger partial charge in [-0.3, -0.25) is 0 Å². The normalized spacial score (nSPS) is 19.3. The van der Waals surface area contributed by atoms with Crippen LogP contribution in [0.5, 0.6) is 0 Å². The van der Waals surface area contributed by atoms with Gasteiger partial charge >= 0.3 is 0 Å². The van der Waals surface area contributed by atoms with E-state index >= 15 is 0 Å². The molecule has 0 aliphatic carbocycles. The maximum Gasteiger partial charge on any atom is 0.183 e. The largest absolute Gasteiger partial charge is 0.358 e. The molecule has 1 atom stereocenters. The summed E-state index contributed by atoms with van der Waals surface area (Å²) in [5.74, 6) is -1.65. The summed E-state index contributed by atoms with van der Waals surface area (Å²) in [6, 6.07) is 1.24. The molecule has 5 heteroatoms. The van der Waals surface area contributed by atoms with Crippen molar-refractivity contribution in [1.29, 1.82) is 0 Å². The molecule has 0 amide bonds. The van der Waals surface area contributed by atoms with Gasteiger partial charge in [-0.1, -0.05) is 18.7 Å². The van der Waals surface area contributed by atoms with Crippen LogP contribution in [-0.2, 0) is 6.42 Å². The zero-order chi connectivity index (χ0) is 10.3. The second-order valence-electron chi connectivity index (χ2n) is 3.07. The Morgan fingerprint density at radius 1 is 1.57 bits per heavy atom. The highest BCUT2D eigenvalue weighted by molar-refractivity contribution is 8.00. The van der Waals surface area contributed by atoms with E-state index in [1.807, 2.05) is 6.92 Å². The number of benzene rings is 1. The lowest BCUT2D eigenvalue weighted by molar-refractivity contribution is 0.507. The van der Waals surface area contributed by atoms with Crippen molar-refractivity contribution in [2.24, 2.45) is 5.73 Å². The molecule has 1 aromatic rings. The van der Waals surface area contributed by atoms with E-state index in [9.17, 15) is 8.78 Å². The minimum atomic E-state index is -0.836. The van der Waals surface area contributed by atoms with Crippen LogP contribution in [0.2, 0.25) is 0 Å². The van der Waals surface area contributed by atoms with Crippen molar-refractivity contribution in [3.05, 3.63) is 23.3 Å². The molecule has 2 rings (SSSR count). The van der Waals surface area contributed by atoms with Gasteiger partial charge in [0.05, 0.1) is 5.69 Å². The molecule has 76 valence electrons. The topological polar surface area (TPSA) is 38.0 Å². The minimum Gasteiger partial charge on any atom is -0.358 e. The number of nitrogens with two attached hydrogens (primary N) is 1. The number of fused-ring (bicyclic) bond motifs is 1.